The number of esters is 2. The van der Waals surface area contributed by atoms with Crippen LogP contribution in [0.25, 0.3) is 0 Å². The van der Waals surface area contributed by atoms with Crippen molar-refractivity contribution < 1.29 is 19.1 Å². The minimum atomic E-state index is -0.245. The van der Waals surface area contributed by atoms with Crippen LogP contribution in [0.2, 0.25) is 0 Å². The summed E-state index contributed by atoms with van der Waals surface area (Å²) < 4.78 is 10.6. The third kappa shape index (κ3) is 1.99. The summed E-state index contributed by atoms with van der Waals surface area (Å²) in [6.45, 7) is 5.41. The van der Waals surface area contributed by atoms with Crippen LogP contribution in [0.1, 0.15) is 40.0 Å². The van der Waals surface area contributed by atoms with E-state index >= 15 is 0 Å². The molecule has 0 unspecified atom stereocenters. The van der Waals surface area contributed by atoms with Gasteiger partial charge in [-0.2, -0.15) is 0 Å². The Bertz CT molecular complexity index is 594. The lowest BCUT2D eigenvalue weighted by Crippen LogP contribution is -2.33. The highest BCUT2D eigenvalue weighted by molar-refractivity contribution is 5.94. The van der Waals surface area contributed by atoms with Crippen LogP contribution >= 0.6 is 0 Å². The molecule has 3 aliphatic rings. The number of allylic oxidation sites excluding steroid dienone is 3. The zero-order chi connectivity index (χ0) is 14.5. The molecule has 0 bridgehead atoms. The Balaban J connectivity index is 1.94. The number of carbonyl (C=O) groups excluding carboxylic acids is 2. The van der Waals surface area contributed by atoms with Crippen molar-refractivity contribution in [3.63, 3.8) is 0 Å². The zero-order valence-corrected chi connectivity index (χ0v) is 12.0. The zero-order valence-electron chi connectivity index (χ0n) is 12.0. The van der Waals surface area contributed by atoms with E-state index in [0.29, 0.717) is 11.3 Å². The van der Waals surface area contributed by atoms with Crippen LogP contribution in [-0.2, 0) is 19.1 Å². The second kappa shape index (κ2) is 4.33. The summed E-state index contributed by atoms with van der Waals surface area (Å²) in [6.07, 6.45) is 6.27. The molecule has 4 nitrogen and oxygen atoms in total. The van der Waals surface area contributed by atoms with Crippen molar-refractivity contribution in [3.8, 4) is 0 Å². The van der Waals surface area contributed by atoms with Gasteiger partial charge in [0.2, 0.25) is 0 Å². The van der Waals surface area contributed by atoms with Crippen LogP contribution in [0.4, 0.5) is 0 Å². The standard InChI is InChI=1S/C16H18O4/c1-9-13-8-16(3)7-12(19-10(2)17)5-4-11(16)6-14(13)20-15(9)18/h4,6,12H,5,7-8H2,1-3H3/t12-,16-/m0/s1. The summed E-state index contributed by atoms with van der Waals surface area (Å²) in [6, 6.07) is 0. The number of rotatable bonds is 1. The van der Waals surface area contributed by atoms with E-state index in [4.69, 9.17) is 9.47 Å². The molecule has 0 saturated carbocycles. The Kier molecular flexibility index (Phi) is 2.85. The first-order chi connectivity index (χ1) is 9.39. The van der Waals surface area contributed by atoms with Crippen molar-refractivity contribution in [2.45, 2.75) is 46.1 Å². The number of hydrogen-bond acceptors (Lipinski definition) is 4. The SMILES string of the molecule is CC(=O)O[C@H]1CC=C2C=C3OC(=O)C(C)=C3C[C@]2(C)C1. The van der Waals surface area contributed by atoms with E-state index in [2.05, 4.69) is 13.0 Å². The van der Waals surface area contributed by atoms with E-state index < -0.39 is 0 Å². The molecular formula is C16H18O4. The Labute approximate surface area is 118 Å². The van der Waals surface area contributed by atoms with E-state index in [1.54, 1.807) is 0 Å². The number of carbonyl (C=O) groups is 2. The molecule has 0 aromatic rings. The lowest BCUT2D eigenvalue weighted by atomic mass is 9.66. The summed E-state index contributed by atoms with van der Waals surface area (Å²) in [7, 11) is 0. The van der Waals surface area contributed by atoms with Crippen LogP contribution in [0, 0.1) is 5.41 Å². The van der Waals surface area contributed by atoms with Gasteiger partial charge in [0.15, 0.2) is 0 Å². The van der Waals surface area contributed by atoms with Gasteiger partial charge in [-0.15, -0.1) is 0 Å². The topological polar surface area (TPSA) is 52.6 Å². The third-order valence-corrected chi connectivity index (χ3v) is 4.42. The van der Waals surface area contributed by atoms with Gasteiger partial charge in [-0.05, 0) is 31.4 Å². The van der Waals surface area contributed by atoms with E-state index in [1.165, 1.54) is 12.5 Å². The molecule has 2 aliphatic carbocycles. The largest absolute Gasteiger partial charge is 0.462 e. The number of hydrogen-bond donors (Lipinski definition) is 0. The van der Waals surface area contributed by atoms with Gasteiger partial charge >= 0.3 is 11.9 Å². The molecule has 0 radical (unpaired) electrons. The molecule has 1 heterocycles. The monoisotopic (exact) mass is 274 g/mol. The van der Waals surface area contributed by atoms with Crippen molar-refractivity contribution in [1.82, 2.24) is 0 Å². The predicted molar refractivity (Wildman–Crippen MR) is 72.5 cm³/mol. The smallest absolute Gasteiger partial charge is 0.339 e. The molecule has 0 aromatic heterocycles. The lowest BCUT2D eigenvalue weighted by molar-refractivity contribution is -0.147. The molecule has 0 aromatic carbocycles. The van der Waals surface area contributed by atoms with E-state index in [1.807, 2.05) is 13.0 Å². The van der Waals surface area contributed by atoms with Gasteiger partial charge < -0.3 is 9.47 Å². The predicted octanol–water partition coefficient (Wildman–Crippen LogP) is 2.81. The van der Waals surface area contributed by atoms with Crippen molar-refractivity contribution in [3.05, 3.63) is 34.6 Å². The second-order valence-corrected chi connectivity index (χ2v) is 6.07. The average molecular weight is 274 g/mol. The fraction of sp³-hybridized carbons (Fsp3) is 0.500. The molecule has 0 saturated heterocycles. The van der Waals surface area contributed by atoms with E-state index in [9.17, 15) is 9.59 Å². The van der Waals surface area contributed by atoms with E-state index in [0.717, 1.165) is 24.8 Å². The highest BCUT2D eigenvalue weighted by atomic mass is 16.5. The fourth-order valence-corrected chi connectivity index (χ4v) is 3.35. The van der Waals surface area contributed by atoms with Crippen LogP contribution in [0.5, 0.6) is 0 Å². The molecule has 0 spiro atoms. The highest BCUT2D eigenvalue weighted by Gasteiger charge is 2.43. The first-order valence-corrected chi connectivity index (χ1v) is 6.91. The number of ether oxygens (including phenoxy) is 2. The van der Waals surface area contributed by atoms with Crippen molar-refractivity contribution in [2.24, 2.45) is 5.41 Å². The maximum atomic E-state index is 11.7. The third-order valence-electron chi connectivity index (χ3n) is 4.42. The van der Waals surface area contributed by atoms with Crippen LogP contribution in [0.15, 0.2) is 34.6 Å². The first kappa shape index (κ1) is 13.2. The fourth-order valence-electron chi connectivity index (χ4n) is 3.35. The van der Waals surface area contributed by atoms with Crippen molar-refractivity contribution in [2.75, 3.05) is 0 Å². The summed E-state index contributed by atoms with van der Waals surface area (Å²) in [5.74, 6) is 0.213. The maximum Gasteiger partial charge on any atom is 0.339 e. The molecule has 106 valence electrons. The lowest BCUT2D eigenvalue weighted by Gasteiger charge is -2.40. The minimum Gasteiger partial charge on any atom is -0.462 e. The molecule has 1 aliphatic heterocycles. The van der Waals surface area contributed by atoms with Crippen LogP contribution in [0.3, 0.4) is 0 Å². The number of fused-ring (bicyclic) bond motifs is 2. The van der Waals surface area contributed by atoms with E-state index in [-0.39, 0.29) is 23.5 Å². The Morgan fingerprint density at radius 2 is 2.25 bits per heavy atom. The second-order valence-electron chi connectivity index (χ2n) is 6.07. The summed E-state index contributed by atoms with van der Waals surface area (Å²) in [5, 5.41) is 0. The summed E-state index contributed by atoms with van der Waals surface area (Å²) >= 11 is 0. The molecule has 0 amide bonds. The Hall–Kier alpha value is -1.84. The molecule has 3 rings (SSSR count). The molecule has 0 N–H and O–H groups in total. The Morgan fingerprint density at radius 3 is 2.95 bits per heavy atom. The van der Waals surface area contributed by atoms with Gasteiger partial charge in [0.1, 0.15) is 11.9 Å². The molecule has 2 atom stereocenters. The van der Waals surface area contributed by atoms with Gasteiger partial charge in [-0.25, -0.2) is 4.79 Å². The van der Waals surface area contributed by atoms with Crippen molar-refractivity contribution in [1.29, 1.82) is 0 Å². The van der Waals surface area contributed by atoms with Gasteiger partial charge in [-0.1, -0.05) is 13.0 Å². The van der Waals surface area contributed by atoms with Gasteiger partial charge in [0.25, 0.3) is 0 Å². The van der Waals surface area contributed by atoms with Crippen molar-refractivity contribution >= 4 is 11.9 Å². The molecule has 20 heavy (non-hydrogen) atoms. The van der Waals surface area contributed by atoms with Gasteiger partial charge in [-0.3, -0.25) is 4.79 Å². The highest BCUT2D eigenvalue weighted by Crippen LogP contribution is 2.51. The first-order valence-electron chi connectivity index (χ1n) is 6.91. The summed E-state index contributed by atoms with van der Waals surface area (Å²) in [4.78, 5) is 22.8. The van der Waals surface area contributed by atoms with Crippen LogP contribution in [-0.4, -0.2) is 18.0 Å². The molecule has 4 heteroatoms. The van der Waals surface area contributed by atoms with Gasteiger partial charge in [0, 0.05) is 29.9 Å². The summed E-state index contributed by atoms with van der Waals surface area (Å²) in [5.41, 5.74) is 2.79. The normalized spacial score (nSPS) is 31.9. The minimum absolute atomic E-state index is 0.0740. The Morgan fingerprint density at radius 1 is 1.50 bits per heavy atom. The van der Waals surface area contributed by atoms with Gasteiger partial charge in [0.05, 0.1) is 0 Å². The van der Waals surface area contributed by atoms with Crippen LogP contribution < -0.4 is 0 Å². The molecule has 0 fully saturated rings. The maximum absolute atomic E-state index is 11.7. The average Bonchev–Trinajstić information content (AvgIpc) is 2.61. The quantitative estimate of drug-likeness (QED) is 0.690. The molecular weight excluding hydrogens is 256 g/mol.